The van der Waals surface area contributed by atoms with Crippen molar-refractivity contribution in [3.8, 4) is 5.75 Å². The van der Waals surface area contributed by atoms with E-state index in [4.69, 9.17) is 14.6 Å². The predicted molar refractivity (Wildman–Crippen MR) is 89.4 cm³/mol. The second-order valence-corrected chi connectivity index (χ2v) is 5.40. The molecule has 2 aromatic rings. The van der Waals surface area contributed by atoms with Crippen LogP contribution >= 0.6 is 0 Å². The monoisotopic (exact) mass is 319 g/mol. The Kier molecular flexibility index (Phi) is 3.23. The standard InChI is InChI=1S/C18H13N3O3/c1-23-14-8-4-5-10-9-12(16(19)24-15(10)14)17-20-13-7-3-2-6-11(13)18(22)21-17/h2-9,11,19H,1H3. The Morgan fingerprint density at radius 3 is 2.96 bits per heavy atom. The van der Waals surface area contributed by atoms with Gasteiger partial charge in [-0.15, -0.1) is 0 Å². The first-order chi connectivity index (χ1) is 11.7. The molecule has 2 aliphatic rings. The first-order valence-corrected chi connectivity index (χ1v) is 7.39. The first kappa shape index (κ1) is 14.3. The zero-order chi connectivity index (χ0) is 16.7. The summed E-state index contributed by atoms with van der Waals surface area (Å²) >= 11 is 0. The van der Waals surface area contributed by atoms with Gasteiger partial charge >= 0.3 is 0 Å². The van der Waals surface area contributed by atoms with Crippen molar-refractivity contribution >= 4 is 28.4 Å². The number of hydrogen-bond acceptors (Lipinski definition) is 5. The quantitative estimate of drug-likeness (QED) is 0.922. The van der Waals surface area contributed by atoms with E-state index in [9.17, 15) is 4.79 Å². The lowest BCUT2D eigenvalue weighted by atomic mass is 9.96. The molecule has 24 heavy (non-hydrogen) atoms. The molecule has 1 aromatic heterocycles. The van der Waals surface area contributed by atoms with Gasteiger partial charge in [-0.2, -0.15) is 4.99 Å². The Hall–Kier alpha value is -3.28. The third-order valence-electron chi connectivity index (χ3n) is 3.94. The van der Waals surface area contributed by atoms with Crippen LogP contribution in [0.5, 0.6) is 5.75 Å². The van der Waals surface area contributed by atoms with E-state index in [2.05, 4.69) is 9.98 Å². The van der Waals surface area contributed by atoms with Crippen molar-refractivity contribution in [3.63, 3.8) is 0 Å². The first-order valence-electron chi connectivity index (χ1n) is 7.39. The maximum absolute atomic E-state index is 12.2. The van der Waals surface area contributed by atoms with E-state index in [1.807, 2.05) is 18.2 Å². The van der Waals surface area contributed by atoms with Gasteiger partial charge in [0.15, 0.2) is 17.2 Å². The van der Waals surface area contributed by atoms with E-state index in [0.29, 0.717) is 22.6 Å². The molecule has 1 amide bonds. The fourth-order valence-electron chi connectivity index (χ4n) is 2.75. The number of allylic oxidation sites excluding steroid dienone is 3. The van der Waals surface area contributed by atoms with Gasteiger partial charge in [0, 0.05) is 5.39 Å². The second kappa shape index (κ2) is 5.42. The van der Waals surface area contributed by atoms with Crippen molar-refractivity contribution < 1.29 is 13.9 Å². The number of para-hydroxylation sites is 1. The van der Waals surface area contributed by atoms with E-state index >= 15 is 0 Å². The molecule has 0 saturated carbocycles. The van der Waals surface area contributed by atoms with Gasteiger partial charge in [0.2, 0.25) is 5.55 Å². The minimum Gasteiger partial charge on any atom is -0.493 e. The summed E-state index contributed by atoms with van der Waals surface area (Å²) in [6, 6.07) is 7.17. The van der Waals surface area contributed by atoms with Gasteiger partial charge in [-0.25, -0.2) is 4.99 Å². The van der Waals surface area contributed by atoms with Crippen molar-refractivity contribution in [2.45, 2.75) is 0 Å². The third-order valence-corrected chi connectivity index (χ3v) is 3.94. The molecule has 6 nitrogen and oxygen atoms in total. The molecule has 0 bridgehead atoms. The molecule has 1 N–H and O–H groups in total. The molecule has 1 atom stereocenters. The maximum atomic E-state index is 12.2. The molecule has 1 aliphatic carbocycles. The molecule has 6 heteroatoms. The summed E-state index contributed by atoms with van der Waals surface area (Å²) in [5, 5.41) is 8.89. The fraction of sp³-hybridized carbons (Fsp3) is 0.111. The number of nitrogens with zero attached hydrogens (tertiary/aromatic N) is 2. The summed E-state index contributed by atoms with van der Waals surface area (Å²) in [6.07, 6.45) is 7.17. The number of carbonyl (C=O) groups excluding carboxylic acids is 1. The van der Waals surface area contributed by atoms with Crippen molar-refractivity contribution in [2.24, 2.45) is 15.9 Å². The van der Waals surface area contributed by atoms with E-state index < -0.39 is 5.92 Å². The Bertz CT molecular complexity index is 1040. The molecule has 0 radical (unpaired) electrons. The third kappa shape index (κ3) is 2.20. The summed E-state index contributed by atoms with van der Waals surface area (Å²) < 4.78 is 10.8. The Morgan fingerprint density at radius 2 is 2.12 bits per heavy atom. The van der Waals surface area contributed by atoms with Crippen LogP contribution < -0.4 is 10.3 Å². The lowest BCUT2D eigenvalue weighted by Gasteiger charge is -2.17. The lowest BCUT2D eigenvalue weighted by Crippen LogP contribution is -2.29. The van der Waals surface area contributed by atoms with Gasteiger partial charge in [-0.05, 0) is 18.2 Å². The van der Waals surface area contributed by atoms with Gasteiger partial charge < -0.3 is 9.15 Å². The van der Waals surface area contributed by atoms with E-state index in [1.54, 1.807) is 37.5 Å². The van der Waals surface area contributed by atoms with Crippen LogP contribution in [0, 0.1) is 11.3 Å². The molecule has 1 aliphatic heterocycles. The summed E-state index contributed by atoms with van der Waals surface area (Å²) in [4.78, 5) is 20.7. The number of benzene rings is 1. The number of ether oxygens (including phenoxy) is 1. The Balaban J connectivity index is 1.88. The zero-order valence-corrected chi connectivity index (χ0v) is 12.8. The SMILES string of the molecule is COc1cccc2cc(C3=NC(=O)C4C=CC=CC4=N3)c(=N)oc12. The van der Waals surface area contributed by atoms with E-state index in [-0.39, 0.29) is 17.3 Å². The van der Waals surface area contributed by atoms with Gasteiger partial charge in [-0.3, -0.25) is 10.2 Å². The number of fused-ring (bicyclic) bond motifs is 2. The van der Waals surface area contributed by atoms with Crippen molar-refractivity contribution in [3.05, 3.63) is 59.7 Å². The number of aliphatic imine (C=N–C) groups is 2. The Morgan fingerprint density at radius 1 is 1.25 bits per heavy atom. The number of nitrogens with one attached hydrogen (secondary N) is 1. The molecule has 1 unspecified atom stereocenters. The molecule has 1 aromatic carbocycles. The summed E-state index contributed by atoms with van der Waals surface area (Å²) in [5.74, 6) is 0.0109. The highest BCUT2D eigenvalue weighted by Crippen LogP contribution is 2.25. The zero-order valence-electron chi connectivity index (χ0n) is 12.8. The van der Waals surface area contributed by atoms with Crippen LogP contribution in [-0.2, 0) is 4.79 Å². The summed E-state index contributed by atoms with van der Waals surface area (Å²) in [6.45, 7) is 0. The van der Waals surface area contributed by atoms with Crippen LogP contribution in [-0.4, -0.2) is 24.6 Å². The molecule has 2 heterocycles. The molecule has 0 spiro atoms. The summed E-state index contributed by atoms with van der Waals surface area (Å²) in [7, 11) is 1.54. The topological polar surface area (TPSA) is 88.0 Å². The van der Waals surface area contributed by atoms with Crippen LogP contribution in [0.25, 0.3) is 11.0 Å². The fourth-order valence-corrected chi connectivity index (χ4v) is 2.75. The molecule has 118 valence electrons. The number of carbonyl (C=O) groups is 1. The van der Waals surface area contributed by atoms with Crippen molar-refractivity contribution in [1.29, 1.82) is 5.41 Å². The van der Waals surface area contributed by atoms with Gasteiger partial charge in [0.1, 0.15) is 5.92 Å². The highest BCUT2D eigenvalue weighted by Gasteiger charge is 2.27. The average Bonchev–Trinajstić information content (AvgIpc) is 2.60. The number of amidine groups is 1. The van der Waals surface area contributed by atoms with Gasteiger partial charge in [-0.1, -0.05) is 30.4 Å². The maximum Gasteiger partial charge on any atom is 0.260 e. The molecular formula is C18H13N3O3. The summed E-state index contributed by atoms with van der Waals surface area (Å²) in [5.41, 5.74) is 1.36. The minimum atomic E-state index is -0.439. The lowest BCUT2D eigenvalue weighted by molar-refractivity contribution is -0.118. The minimum absolute atomic E-state index is 0.114. The largest absolute Gasteiger partial charge is 0.493 e. The number of amides is 1. The average molecular weight is 319 g/mol. The molecule has 4 rings (SSSR count). The van der Waals surface area contributed by atoms with E-state index in [1.165, 1.54) is 0 Å². The smallest absolute Gasteiger partial charge is 0.260 e. The predicted octanol–water partition coefficient (Wildman–Crippen LogP) is 2.39. The van der Waals surface area contributed by atoms with Crippen LogP contribution in [0.15, 0.2) is 63.0 Å². The van der Waals surface area contributed by atoms with Gasteiger partial charge in [0.05, 0.1) is 18.4 Å². The van der Waals surface area contributed by atoms with Crippen molar-refractivity contribution in [2.75, 3.05) is 7.11 Å². The molecule has 0 fully saturated rings. The van der Waals surface area contributed by atoms with Crippen LogP contribution in [0.4, 0.5) is 0 Å². The van der Waals surface area contributed by atoms with E-state index in [0.717, 1.165) is 5.39 Å². The highest BCUT2D eigenvalue weighted by atomic mass is 16.5. The molecule has 0 saturated heterocycles. The van der Waals surface area contributed by atoms with Crippen molar-refractivity contribution in [1.82, 2.24) is 0 Å². The van der Waals surface area contributed by atoms with Crippen LogP contribution in [0.1, 0.15) is 5.56 Å². The Labute approximate surface area is 137 Å². The van der Waals surface area contributed by atoms with Crippen LogP contribution in [0.2, 0.25) is 0 Å². The normalized spacial score (nSPS) is 19.0. The van der Waals surface area contributed by atoms with Gasteiger partial charge in [0.25, 0.3) is 5.91 Å². The number of hydrogen-bond donors (Lipinski definition) is 1. The van der Waals surface area contributed by atoms with Crippen LogP contribution in [0.3, 0.4) is 0 Å². The highest BCUT2D eigenvalue weighted by molar-refractivity contribution is 6.24. The number of rotatable bonds is 2. The number of methoxy groups -OCH3 is 1. The second-order valence-electron chi connectivity index (χ2n) is 5.40. The molecular weight excluding hydrogens is 306 g/mol.